The summed E-state index contributed by atoms with van der Waals surface area (Å²) in [6.45, 7) is 3.90. The summed E-state index contributed by atoms with van der Waals surface area (Å²) in [6.07, 6.45) is 1.17. The third-order valence-electron chi connectivity index (χ3n) is 1.53. The van der Waals surface area contributed by atoms with Crippen molar-refractivity contribution in [3.63, 3.8) is 0 Å². The van der Waals surface area contributed by atoms with E-state index in [1.807, 2.05) is 13.8 Å². The van der Waals surface area contributed by atoms with E-state index in [1.165, 1.54) is 12.3 Å². The van der Waals surface area contributed by atoms with Crippen molar-refractivity contribution >= 4 is 17.4 Å². The molecule has 0 fully saturated rings. The molecule has 0 amide bonds. The highest BCUT2D eigenvalue weighted by Gasteiger charge is 2.15. The highest BCUT2D eigenvalue weighted by atomic mass is 35.5. The first-order valence-corrected chi connectivity index (χ1v) is 4.53. The molecule has 0 bridgehead atoms. The fraction of sp³-hybridized carbons (Fsp3) is 0.444. The van der Waals surface area contributed by atoms with Crippen LogP contribution in [0.3, 0.4) is 0 Å². The smallest absolute Gasteiger partial charge is 0.141 e. The number of hydrogen-bond acceptors (Lipinski definition) is 2. The van der Waals surface area contributed by atoms with Crippen LogP contribution in [0.1, 0.15) is 13.8 Å². The molecule has 0 atom stereocenters. The third-order valence-corrected chi connectivity index (χ3v) is 2.20. The average molecular weight is 203 g/mol. The Morgan fingerprint density at radius 3 is 2.69 bits per heavy atom. The minimum Gasteiger partial charge on any atom is -0.364 e. The predicted molar refractivity (Wildman–Crippen MR) is 52.6 cm³/mol. The van der Waals surface area contributed by atoms with Gasteiger partial charge in [-0.25, -0.2) is 9.37 Å². The fourth-order valence-corrected chi connectivity index (χ4v) is 0.897. The molecule has 0 unspecified atom stereocenters. The van der Waals surface area contributed by atoms with Crippen LogP contribution in [0.2, 0.25) is 0 Å². The summed E-state index contributed by atoms with van der Waals surface area (Å²) in [5, 5.41) is 3.09. The van der Waals surface area contributed by atoms with Gasteiger partial charge < -0.3 is 5.32 Å². The van der Waals surface area contributed by atoms with E-state index < -0.39 is 0 Å². The standard InChI is InChI=1S/C9H12ClFN2/c1-9(2,6-10)13-8-4-3-7(11)5-12-8/h3-5H,6H2,1-2H3,(H,12,13). The van der Waals surface area contributed by atoms with Crippen molar-refractivity contribution in [1.29, 1.82) is 0 Å². The summed E-state index contributed by atoms with van der Waals surface area (Å²) in [5.74, 6) is 0.757. The molecule has 0 radical (unpaired) electrons. The number of nitrogens with one attached hydrogen (secondary N) is 1. The van der Waals surface area contributed by atoms with Gasteiger partial charge in [-0.2, -0.15) is 0 Å². The number of rotatable bonds is 3. The van der Waals surface area contributed by atoms with Gasteiger partial charge in [0.05, 0.1) is 6.20 Å². The van der Waals surface area contributed by atoms with Crippen LogP contribution >= 0.6 is 11.6 Å². The van der Waals surface area contributed by atoms with Crippen LogP contribution in [0.15, 0.2) is 18.3 Å². The van der Waals surface area contributed by atoms with Gasteiger partial charge in [0.25, 0.3) is 0 Å². The summed E-state index contributed by atoms with van der Waals surface area (Å²) < 4.78 is 12.5. The van der Waals surface area contributed by atoms with Gasteiger partial charge in [-0.1, -0.05) is 0 Å². The number of pyridine rings is 1. The van der Waals surface area contributed by atoms with Crippen LogP contribution in [-0.4, -0.2) is 16.4 Å². The van der Waals surface area contributed by atoms with E-state index in [-0.39, 0.29) is 11.4 Å². The molecule has 0 aliphatic carbocycles. The van der Waals surface area contributed by atoms with E-state index in [2.05, 4.69) is 10.3 Å². The second-order valence-electron chi connectivity index (χ2n) is 3.50. The average Bonchev–Trinajstić information content (AvgIpc) is 2.09. The van der Waals surface area contributed by atoms with E-state index in [1.54, 1.807) is 6.07 Å². The van der Waals surface area contributed by atoms with Crippen LogP contribution in [-0.2, 0) is 0 Å². The molecule has 1 aromatic heterocycles. The quantitative estimate of drug-likeness (QED) is 0.763. The molecule has 0 aromatic carbocycles. The number of anilines is 1. The molecule has 0 aliphatic heterocycles. The van der Waals surface area contributed by atoms with E-state index in [4.69, 9.17) is 11.6 Å². The fourth-order valence-electron chi connectivity index (χ4n) is 0.830. The van der Waals surface area contributed by atoms with Crippen LogP contribution in [0.5, 0.6) is 0 Å². The molecule has 4 heteroatoms. The third kappa shape index (κ3) is 3.19. The maximum absolute atomic E-state index is 12.5. The summed E-state index contributed by atoms with van der Waals surface area (Å²) in [4.78, 5) is 3.87. The van der Waals surface area contributed by atoms with Gasteiger partial charge in [0, 0.05) is 11.4 Å². The molecule has 1 rings (SSSR count). The number of halogens is 2. The van der Waals surface area contributed by atoms with Gasteiger partial charge in [0.2, 0.25) is 0 Å². The Morgan fingerprint density at radius 1 is 1.54 bits per heavy atom. The predicted octanol–water partition coefficient (Wildman–Crippen LogP) is 2.65. The molecule has 0 saturated heterocycles. The van der Waals surface area contributed by atoms with Crippen molar-refractivity contribution in [2.75, 3.05) is 11.2 Å². The second kappa shape index (κ2) is 3.92. The Kier molecular flexibility index (Phi) is 3.09. The highest BCUT2D eigenvalue weighted by Crippen LogP contribution is 2.13. The second-order valence-corrected chi connectivity index (χ2v) is 3.77. The monoisotopic (exact) mass is 202 g/mol. The van der Waals surface area contributed by atoms with Crippen LogP contribution in [0.4, 0.5) is 10.2 Å². The van der Waals surface area contributed by atoms with Crippen LogP contribution in [0.25, 0.3) is 0 Å². The maximum atomic E-state index is 12.5. The van der Waals surface area contributed by atoms with Gasteiger partial charge in [-0.15, -0.1) is 11.6 Å². The first kappa shape index (κ1) is 10.3. The lowest BCUT2D eigenvalue weighted by Crippen LogP contribution is -2.33. The van der Waals surface area contributed by atoms with Crippen molar-refractivity contribution in [2.45, 2.75) is 19.4 Å². The lowest BCUT2D eigenvalue weighted by Gasteiger charge is -2.23. The van der Waals surface area contributed by atoms with Gasteiger partial charge in [0.15, 0.2) is 0 Å². The van der Waals surface area contributed by atoms with Gasteiger partial charge in [0.1, 0.15) is 11.6 Å². The van der Waals surface area contributed by atoms with E-state index >= 15 is 0 Å². The first-order chi connectivity index (χ1) is 6.03. The maximum Gasteiger partial charge on any atom is 0.141 e. The van der Waals surface area contributed by atoms with Crippen molar-refractivity contribution in [3.8, 4) is 0 Å². The molecular weight excluding hydrogens is 191 g/mol. The molecule has 0 aliphatic rings. The first-order valence-electron chi connectivity index (χ1n) is 3.99. The number of alkyl halides is 1. The largest absolute Gasteiger partial charge is 0.364 e. The molecule has 0 saturated carbocycles. The lowest BCUT2D eigenvalue weighted by molar-refractivity contribution is 0.615. The molecule has 0 spiro atoms. The van der Waals surface area contributed by atoms with Crippen molar-refractivity contribution in [2.24, 2.45) is 0 Å². The molecule has 13 heavy (non-hydrogen) atoms. The Morgan fingerprint density at radius 2 is 2.23 bits per heavy atom. The molecule has 72 valence electrons. The molecule has 1 heterocycles. The minimum atomic E-state index is -0.339. The van der Waals surface area contributed by atoms with Crippen molar-refractivity contribution in [3.05, 3.63) is 24.1 Å². The lowest BCUT2D eigenvalue weighted by atomic mass is 10.1. The van der Waals surface area contributed by atoms with Crippen molar-refractivity contribution in [1.82, 2.24) is 4.98 Å². The summed E-state index contributed by atoms with van der Waals surface area (Å²) in [6, 6.07) is 2.95. The molecule has 2 nitrogen and oxygen atoms in total. The van der Waals surface area contributed by atoms with Crippen LogP contribution in [0, 0.1) is 5.82 Å². The number of aromatic nitrogens is 1. The Bertz CT molecular complexity index is 271. The summed E-state index contributed by atoms with van der Waals surface area (Å²) >= 11 is 5.71. The Balaban J connectivity index is 2.69. The topological polar surface area (TPSA) is 24.9 Å². The number of hydrogen-bond donors (Lipinski definition) is 1. The zero-order chi connectivity index (χ0) is 9.90. The number of nitrogens with zero attached hydrogens (tertiary/aromatic N) is 1. The van der Waals surface area contributed by atoms with E-state index in [9.17, 15) is 4.39 Å². The van der Waals surface area contributed by atoms with Gasteiger partial charge >= 0.3 is 0 Å². The van der Waals surface area contributed by atoms with E-state index in [0.717, 1.165) is 0 Å². The van der Waals surface area contributed by atoms with Gasteiger partial charge in [-0.3, -0.25) is 0 Å². The molecule has 1 aromatic rings. The molecule has 1 N–H and O–H groups in total. The van der Waals surface area contributed by atoms with Gasteiger partial charge in [-0.05, 0) is 26.0 Å². The van der Waals surface area contributed by atoms with E-state index in [0.29, 0.717) is 11.7 Å². The minimum absolute atomic E-state index is 0.230. The Hall–Kier alpha value is -0.830. The summed E-state index contributed by atoms with van der Waals surface area (Å²) in [5.41, 5.74) is -0.230. The normalized spacial score (nSPS) is 11.4. The summed E-state index contributed by atoms with van der Waals surface area (Å²) in [7, 11) is 0. The zero-order valence-corrected chi connectivity index (χ0v) is 8.40. The highest BCUT2D eigenvalue weighted by molar-refractivity contribution is 6.18. The zero-order valence-electron chi connectivity index (χ0n) is 7.64. The molecular formula is C9H12ClFN2. The van der Waals surface area contributed by atoms with Crippen LogP contribution < -0.4 is 5.32 Å². The van der Waals surface area contributed by atoms with Crippen molar-refractivity contribution < 1.29 is 4.39 Å². The SMILES string of the molecule is CC(C)(CCl)Nc1ccc(F)cn1. The Labute approximate surface area is 82.1 Å².